The Morgan fingerprint density at radius 3 is 2.47 bits per heavy atom. The molecular weight excluding hydrogens is 478 g/mol. The van der Waals surface area contributed by atoms with Crippen LogP contribution in [0.15, 0.2) is 29.4 Å². The summed E-state index contributed by atoms with van der Waals surface area (Å²) in [7, 11) is 3.21. The molecule has 1 N–H and O–H groups in total. The van der Waals surface area contributed by atoms with E-state index in [0.29, 0.717) is 30.9 Å². The highest BCUT2D eigenvalue weighted by Crippen LogP contribution is 2.28. The van der Waals surface area contributed by atoms with Gasteiger partial charge in [-0.3, -0.25) is 14.4 Å². The summed E-state index contributed by atoms with van der Waals surface area (Å²) in [6.07, 6.45) is 3.05. The maximum absolute atomic E-state index is 12.4. The van der Waals surface area contributed by atoms with E-state index in [1.807, 2.05) is 32.0 Å². The van der Waals surface area contributed by atoms with Gasteiger partial charge in [0.15, 0.2) is 0 Å². The molecule has 11 heteroatoms. The van der Waals surface area contributed by atoms with Crippen LogP contribution in [0.4, 0.5) is 0 Å². The number of ether oxygens (including phenoxy) is 1. The van der Waals surface area contributed by atoms with E-state index in [1.54, 1.807) is 41.6 Å². The maximum Gasteiger partial charge on any atom is 0.338 e. The molecule has 1 fully saturated rings. The molecule has 2 rings (SSSR count). The van der Waals surface area contributed by atoms with Gasteiger partial charge in [-0.25, -0.2) is 9.78 Å². The molecule has 0 unspecified atom stereocenters. The van der Waals surface area contributed by atoms with Crippen molar-refractivity contribution in [3.05, 3.63) is 24.4 Å². The van der Waals surface area contributed by atoms with Gasteiger partial charge >= 0.3 is 5.97 Å². The van der Waals surface area contributed by atoms with Crippen molar-refractivity contribution in [1.82, 2.24) is 15.4 Å². The van der Waals surface area contributed by atoms with Crippen LogP contribution in [0.5, 0.6) is 0 Å². The quantitative estimate of drug-likeness (QED) is 0.227. The molecule has 3 amide bonds. The van der Waals surface area contributed by atoms with Crippen LogP contribution in [-0.2, 0) is 28.8 Å². The van der Waals surface area contributed by atoms with Gasteiger partial charge in [-0.1, -0.05) is 16.9 Å². The Hall–Kier alpha value is -2.11. The number of nitrogens with zero attached hydrogens (tertiary/aromatic N) is 2. The van der Waals surface area contributed by atoms with Crippen molar-refractivity contribution in [2.75, 3.05) is 18.9 Å². The van der Waals surface area contributed by atoms with Crippen LogP contribution >= 0.6 is 21.6 Å². The normalized spacial score (nSPS) is 14.4. The summed E-state index contributed by atoms with van der Waals surface area (Å²) in [4.78, 5) is 57.1. The SMILES string of the molecule is CC(C)(CCC(=O)NCCSSc1ccccn1)OCCC(C)(C)C(=O)ON1C(=O)CCC1=O. The standard InChI is InChI=1S/C23H33N3O6S2/c1-22(2,21(30)32-26-19(28)8-9-20(26)29)12-15-31-23(3,4)11-10-17(27)24-14-16-33-34-18-7-5-6-13-25-18/h5-7,13H,8-12,14-16H2,1-4H3,(H,24,27). The Balaban J connectivity index is 1.61. The molecule has 0 aliphatic carbocycles. The second-order valence-corrected chi connectivity index (χ2v) is 11.6. The molecule has 0 spiro atoms. The van der Waals surface area contributed by atoms with Gasteiger partial charge in [-0.2, -0.15) is 0 Å². The van der Waals surface area contributed by atoms with E-state index >= 15 is 0 Å². The number of pyridine rings is 1. The first-order valence-electron chi connectivity index (χ1n) is 11.2. The second-order valence-electron chi connectivity index (χ2n) is 9.13. The van der Waals surface area contributed by atoms with Gasteiger partial charge in [0, 0.05) is 44.4 Å². The number of amides is 3. The summed E-state index contributed by atoms with van der Waals surface area (Å²) >= 11 is 0. The Morgan fingerprint density at radius 1 is 1.12 bits per heavy atom. The van der Waals surface area contributed by atoms with E-state index in [-0.39, 0.29) is 25.4 Å². The molecule has 188 valence electrons. The van der Waals surface area contributed by atoms with Crippen molar-refractivity contribution >= 4 is 45.3 Å². The van der Waals surface area contributed by atoms with E-state index in [0.717, 1.165) is 10.8 Å². The van der Waals surface area contributed by atoms with Crippen molar-refractivity contribution < 1.29 is 28.8 Å². The van der Waals surface area contributed by atoms with Crippen molar-refractivity contribution in [1.29, 1.82) is 0 Å². The average molecular weight is 512 g/mol. The fourth-order valence-electron chi connectivity index (χ4n) is 2.85. The highest BCUT2D eigenvalue weighted by atomic mass is 33.1. The van der Waals surface area contributed by atoms with Crippen LogP contribution in [0, 0.1) is 5.41 Å². The van der Waals surface area contributed by atoms with Crippen LogP contribution in [-0.4, -0.2) is 58.2 Å². The maximum atomic E-state index is 12.4. The van der Waals surface area contributed by atoms with Crippen molar-refractivity contribution in [2.24, 2.45) is 5.41 Å². The Bertz CT molecular complexity index is 848. The molecule has 1 aliphatic rings. The zero-order valence-corrected chi connectivity index (χ0v) is 21.8. The zero-order chi connectivity index (χ0) is 25.2. The van der Waals surface area contributed by atoms with Crippen LogP contribution in [0.2, 0.25) is 0 Å². The summed E-state index contributed by atoms with van der Waals surface area (Å²) in [6, 6.07) is 5.75. The number of hydrogen-bond acceptors (Lipinski definition) is 9. The minimum atomic E-state index is -0.943. The lowest BCUT2D eigenvalue weighted by Gasteiger charge is -2.29. The van der Waals surface area contributed by atoms with Gasteiger partial charge in [-0.05, 0) is 63.5 Å². The molecule has 0 aromatic carbocycles. The minimum Gasteiger partial charge on any atom is -0.376 e. The van der Waals surface area contributed by atoms with E-state index in [2.05, 4.69) is 10.3 Å². The lowest BCUT2D eigenvalue weighted by Crippen LogP contribution is -2.38. The molecule has 0 saturated carbocycles. The summed E-state index contributed by atoms with van der Waals surface area (Å²) in [5.74, 6) is -0.933. The number of carbonyl (C=O) groups excluding carboxylic acids is 4. The van der Waals surface area contributed by atoms with Crippen molar-refractivity contribution in [3.8, 4) is 0 Å². The molecule has 0 bridgehead atoms. The third-order valence-corrected chi connectivity index (χ3v) is 7.46. The van der Waals surface area contributed by atoms with Gasteiger partial charge in [0.1, 0.15) is 5.03 Å². The highest BCUT2D eigenvalue weighted by Gasteiger charge is 2.38. The number of imide groups is 1. The summed E-state index contributed by atoms with van der Waals surface area (Å²) in [6.45, 7) is 7.98. The van der Waals surface area contributed by atoms with Crippen molar-refractivity contribution in [2.45, 2.75) is 70.4 Å². The Kier molecular flexibility index (Phi) is 10.8. The van der Waals surface area contributed by atoms with Gasteiger partial charge in [0.05, 0.1) is 11.0 Å². The number of carbonyl (C=O) groups is 4. The molecule has 1 aromatic heterocycles. The van der Waals surface area contributed by atoms with E-state index in [1.165, 1.54) is 0 Å². The average Bonchev–Trinajstić information content (AvgIpc) is 3.10. The first-order chi connectivity index (χ1) is 16.0. The third-order valence-electron chi connectivity index (χ3n) is 5.20. The van der Waals surface area contributed by atoms with Gasteiger partial charge in [-0.15, -0.1) is 5.06 Å². The number of hydroxylamine groups is 2. The number of hydrogen-bond donors (Lipinski definition) is 1. The van der Waals surface area contributed by atoms with Gasteiger partial charge in [0.2, 0.25) is 5.91 Å². The predicted molar refractivity (Wildman–Crippen MR) is 130 cm³/mol. The minimum absolute atomic E-state index is 0.0380. The Labute approximate surface area is 208 Å². The third kappa shape index (κ3) is 9.63. The Morgan fingerprint density at radius 2 is 1.82 bits per heavy atom. The molecule has 1 aliphatic heterocycles. The van der Waals surface area contributed by atoms with Gasteiger partial charge in [0.25, 0.3) is 11.8 Å². The van der Waals surface area contributed by atoms with Crippen LogP contribution in [0.1, 0.15) is 59.8 Å². The number of rotatable bonds is 14. The lowest BCUT2D eigenvalue weighted by atomic mass is 9.90. The fraction of sp³-hybridized carbons (Fsp3) is 0.609. The fourth-order valence-corrected chi connectivity index (χ4v) is 4.64. The second kappa shape index (κ2) is 13.1. The number of aromatic nitrogens is 1. The van der Waals surface area contributed by atoms with Crippen LogP contribution in [0.3, 0.4) is 0 Å². The smallest absolute Gasteiger partial charge is 0.338 e. The monoisotopic (exact) mass is 511 g/mol. The van der Waals surface area contributed by atoms with Gasteiger partial charge < -0.3 is 14.9 Å². The zero-order valence-electron chi connectivity index (χ0n) is 20.1. The van der Waals surface area contributed by atoms with Crippen LogP contribution < -0.4 is 5.32 Å². The van der Waals surface area contributed by atoms with Crippen LogP contribution in [0.25, 0.3) is 0 Å². The first-order valence-corrected chi connectivity index (χ1v) is 13.5. The summed E-state index contributed by atoms with van der Waals surface area (Å²) in [5.41, 5.74) is -1.50. The molecule has 0 radical (unpaired) electrons. The molecule has 1 saturated heterocycles. The lowest BCUT2D eigenvalue weighted by molar-refractivity contribution is -0.205. The summed E-state index contributed by atoms with van der Waals surface area (Å²) < 4.78 is 5.92. The molecule has 2 heterocycles. The molecule has 9 nitrogen and oxygen atoms in total. The van der Waals surface area contributed by atoms with Crippen molar-refractivity contribution in [3.63, 3.8) is 0 Å². The molecule has 1 aromatic rings. The van der Waals surface area contributed by atoms with E-state index in [9.17, 15) is 19.2 Å². The number of nitrogens with one attached hydrogen (secondary N) is 1. The largest absolute Gasteiger partial charge is 0.376 e. The molecular formula is C23H33N3O6S2. The first kappa shape index (κ1) is 28.1. The molecule has 34 heavy (non-hydrogen) atoms. The summed E-state index contributed by atoms with van der Waals surface area (Å²) in [5, 5.41) is 4.40. The van der Waals surface area contributed by atoms with E-state index < -0.39 is 28.8 Å². The van der Waals surface area contributed by atoms with E-state index in [4.69, 9.17) is 9.57 Å². The predicted octanol–water partition coefficient (Wildman–Crippen LogP) is 3.54. The highest BCUT2D eigenvalue weighted by molar-refractivity contribution is 8.76. The molecule has 0 atom stereocenters. The topological polar surface area (TPSA) is 115 Å².